The molecule has 0 unspecified atom stereocenters. The Hall–Kier alpha value is -1.72. The van der Waals surface area contributed by atoms with Crippen LogP contribution in [0, 0.1) is 5.92 Å². The first-order valence-corrected chi connectivity index (χ1v) is 5.97. The number of ketones is 1. The predicted octanol–water partition coefficient (Wildman–Crippen LogP) is 1.96. The van der Waals surface area contributed by atoms with Gasteiger partial charge in [-0.1, -0.05) is 25.9 Å². The Bertz CT molecular complexity index is 487. The molecule has 1 aliphatic carbocycles. The van der Waals surface area contributed by atoms with Crippen LogP contribution in [0.2, 0.25) is 0 Å². The SMILES string of the molecule is CO/N=C(/C(=O)c1nnc(C2(C)CC2)o1)C(C)C. The van der Waals surface area contributed by atoms with Crippen LogP contribution in [-0.4, -0.2) is 28.8 Å². The first kappa shape index (κ1) is 12.7. The Balaban J connectivity index is 2.23. The standard InChI is InChI=1S/C12H17N3O3/c1-7(2)8(15-17-4)9(16)10-13-14-11(18-10)12(3)5-6-12/h7H,5-6H2,1-4H3/b15-8+. The van der Waals surface area contributed by atoms with Crippen LogP contribution in [0.25, 0.3) is 0 Å². The molecule has 0 radical (unpaired) electrons. The third kappa shape index (κ3) is 2.27. The summed E-state index contributed by atoms with van der Waals surface area (Å²) in [6.45, 7) is 5.76. The average molecular weight is 251 g/mol. The van der Waals surface area contributed by atoms with Crippen LogP contribution < -0.4 is 0 Å². The smallest absolute Gasteiger partial charge is 0.290 e. The normalized spacial score (nSPS) is 17.9. The largest absolute Gasteiger partial charge is 0.417 e. The van der Waals surface area contributed by atoms with Gasteiger partial charge < -0.3 is 9.25 Å². The number of nitrogens with zero attached hydrogens (tertiary/aromatic N) is 3. The van der Waals surface area contributed by atoms with Crippen LogP contribution in [0.3, 0.4) is 0 Å². The van der Waals surface area contributed by atoms with Crippen molar-refractivity contribution in [1.29, 1.82) is 0 Å². The zero-order valence-corrected chi connectivity index (χ0v) is 11.1. The van der Waals surface area contributed by atoms with Crippen molar-refractivity contribution < 1.29 is 14.0 Å². The van der Waals surface area contributed by atoms with Crippen molar-refractivity contribution in [1.82, 2.24) is 10.2 Å². The maximum atomic E-state index is 12.1. The summed E-state index contributed by atoms with van der Waals surface area (Å²) < 4.78 is 5.44. The predicted molar refractivity (Wildman–Crippen MR) is 64.5 cm³/mol. The van der Waals surface area contributed by atoms with E-state index in [4.69, 9.17) is 4.42 Å². The van der Waals surface area contributed by atoms with Gasteiger partial charge in [-0.2, -0.15) is 0 Å². The molecule has 0 N–H and O–H groups in total. The quantitative estimate of drug-likeness (QED) is 0.454. The van der Waals surface area contributed by atoms with E-state index in [9.17, 15) is 4.79 Å². The van der Waals surface area contributed by atoms with Gasteiger partial charge >= 0.3 is 0 Å². The lowest BCUT2D eigenvalue weighted by Gasteiger charge is -2.04. The number of rotatable bonds is 5. The minimum absolute atomic E-state index is 0.0115. The number of aromatic nitrogens is 2. The summed E-state index contributed by atoms with van der Waals surface area (Å²) in [5, 5.41) is 11.5. The zero-order valence-electron chi connectivity index (χ0n) is 11.1. The molecule has 1 heterocycles. The number of carbonyl (C=O) groups is 1. The molecule has 2 rings (SSSR count). The minimum Gasteiger partial charge on any atom is -0.417 e. The van der Waals surface area contributed by atoms with Gasteiger partial charge in [0, 0.05) is 11.3 Å². The Morgan fingerprint density at radius 2 is 2.11 bits per heavy atom. The van der Waals surface area contributed by atoms with Gasteiger partial charge in [0.2, 0.25) is 5.89 Å². The van der Waals surface area contributed by atoms with E-state index < -0.39 is 0 Å². The molecule has 0 saturated heterocycles. The molecule has 0 amide bonds. The molecule has 6 heteroatoms. The van der Waals surface area contributed by atoms with Crippen molar-refractivity contribution in [3.05, 3.63) is 11.8 Å². The minimum atomic E-state index is -0.366. The lowest BCUT2D eigenvalue weighted by Crippen LogP contribution is -2.21. The lowest BCUT2D eigenvalue weighted by atomic mass is 10.0. The van der Waals surface area contributed by atoms with Gasteiger partial charge in [-0.25, -0.2) is 0 Å². The van der Waals surface area contributed by atoms with Gasteiger partial charge in [0.05, 0.1) is 0 Å². The van der Waals surface area contributed by atoms with Crippen molar-refractivity contribution in [2.24, 2.45) is 11.1 Å². The highest BCUT2D eigenvalue weighted by Crippen LogP contribution is 2.46. The summed E-state index contributed by atoms with van der Waals surface area (Å²) in [6, 6.07) is 0. The molecule has 6 nitrogen and oxygen atoms in total. The highest BCUT2D eigenvalue weighted by atomic mass is 16.6. The van der Waals surface area contributed by atoms with Gasteiger partial charge in [0.1, 0.15) is 12.8 Å². The summed E-state index contributed by atoms with van der Waals surface area (Å²) in [5.74, 6) is 0.0909. The van der Waals surface area contributed by atoms with Gasteiger partial charge in [-0.3, -0.25) is 4.79 Å². The topological polar surface area (TPSA) is 77.6 Å². The van der Waals surface area contributed by atoms with Crippen molar-refractivity contribution in [2.45, 2.75) is 39.0 Å². The molecular weight excluding hydrogens is 234 g/mol. The average Bonchev–Trinajstić information content (AvgIpc) is 2.90. The van der Waals surface area contributed by atoms with E-state index in [1.807, 2.05) is 20.8 Å². The first-order valence-electron chi connectivity index (χ1n) is 5.97. The maximum Gasteiger partial charge on any atom is 0.290 e. The van der Waals surface area contributed by atoms with E-state index in [1.165, 1.54) is 7.11 Å². The number of oxime groups is 1. The molecule has 0 aromatic carbocycles. The Morgan fingerprint density at radius 1 is 1.44 bits per heavy atom. The lowest BCUT2D eigenvalue weighted by molar-refractivity contribution is 0.101. The maximum absolute atomic E-state index is 12.1. The van der Waals surface area contributed by atoms with Gasteiger partial charge in [0.15, 0.2) is 0 Å². The summed E-state index contributed by atoms with van der Waals surface area (Å²) in [7, 11) is 1.40. The van der Waals surface area contributed by atoms with E-state index in [2.05, 4.69) is 20.2 Å². The third-order valence-electron chi connectivity index (χ3n) is 3.10. The second kappa shape index (κ2) is 4.51. The molecule has 0 spiro atoms. The molecule has 0 aliphatic heterocycles. The molecule has 1 aromatic heterocycles. The Morgan fingerprint density at radius 3 is 2.61 bits per heavy atom. The molecule has 0 atom stereocenters. The highest BCUT2D eigenvalue weighted by molar-refractivity contribution is 6.45. The molecule has 18 heavy (non-hydrogen) atoms. The summed E-state index contributed by atoms with van der Waals surface area (Å²) in [5.41, 5.74) is 0.246. The molecule has 1 aliphatic rings. The van der Waals surface area contributed by atoms with Gasteiger partial charge in [-0.15, -0.1) is 10.2 Å². The van der Waals surface area contributed by atoms with Crippen LogP contribution in [-0.2, 0) is 10.3 Å². The Labute approximate surface area is 105 Å². The number of carbonyl (C=O) groups excluding carboxylic acids is 1. The second-order valence-electron chi connectivity index (χ2n) is 5.12. The van der Waals surface area contributed by atoms with Gasteiger partial charge in [-0.05, 0) is 12.8 Å². The van der Waals surface area contributed by atoms with Crippen molar-refractivity contribution >= 4 is 11.5 Å². The number of Topliss-reactive ketones (excluding diaryl/α,β-unsaturated/α-hetero) is 1. The van der Waals surface area contributed by atoms with E-state index >= 15 is 0 Å². The fourth-order valence-corrected chi connectivity index (χ4v) is 1.58. The molecular formula is C12H17N3O3. The van der Waals surface area contributed by atoms with E-state index in [0.717, 1.165) is 12.8 Å². The van der Waals surface area contributed by atoms with Crippen LogP contribution in [0.4, 0.5) is 0 Å². The highest BCUT2D eigenvalue weighted by Gasteiger charge is 2.44. The van der Waals surface area contributed by atoms with E-state index in [0.29, 0.717) is 5.89 Å². The molecule has 0 bridgehead atoms. The first-order chi connectivity index (χ1) is 8.48. The molecule has 1 saturated carbocycles. The van der Waals surface area contributed by atoms with Crippen LogP contribution in [0.1, 0.15) is 50.2 Å². The second-order valence-corrected chi connectivity index (χ2v) is 5.12. The van der Waals surface area contributed by atoms with Crippen molar-refractivity contribution in [3.63, 3.8) is 0 Å². The van der Waals surface area contributed by atoms with Crippen LogP contribution in [0.15, 0.2) is 9.57 Å². The van der Waals surface area contributed by atoms with Crippen LogP contribution >= 0.6 is 0 Å². The molecule has 1 aromatic rings. The fraction of sp³-hybridized carbons (Fsp3) is 0.667. The monoisotopic (exact) mass is 251 g/mol. The summed E-state index contributed by atoms with van der Waals surface area (Å²) >= 11 is 0. The van der Waals surface area contributed by atoms with Crippen molar-refractivity contribution in [3.8, 4) is 0 Å². The molecule has 98 valence electrons. The Kier molecular flexibility index (Phi) is 3.19. The number of hydrogen-bond donors (Lipinski definition) is 0. The summed E-state index contributed by atoms with van der Waals surface area (Å²) in [6.07, 6.45) is 2.04. The van der Waals surface area contributed by atoms with Crippen LogP contribution in [0.5, 0.6) is 0 Å². The third-order valence-corrected chi connectivity index (χ3v) is 3.10. The van der Waals surface area contributed by atoms with Crippen molar-refractivity contribution in [2.75, 3.05) is 7.11 Å². The molecule has 1 fully saturated rings. The van der Waals surface area contributed by atoms with E-state index in [1.54, 1.807) is 0 Å². The van der Waals surface area contributed by atoms with E-state index in [-0.39, 0.29) is 28.7 Å². The fourth-order valence-electron chi connectivity index (χ4n) is 1.58. The number of hydrogen-bond acceptors (Lipinski definition) is 6. The summed E-state index contributed by atoms with van der Waals surface area (Å²) in [4.78, 5) is 16.8. The zero-order chi connectivity index (χ0) is 13.3. The van der Waals surface area contributed by atoms with Gasteiger partial charge in [0.25, 0.3) is 11.7 Å².